The number of benzene rings is 1. The molecule has 1 rings (SSSR count). The molecule has 0 fully saturated rings. The SMILES string of the molecule is COC(=O)CCCS(=O)(=O)NC(C)(C)c1ccc(Br)cc1. The number of esters is 1. The number of hydrogen-bond acceptors (Lipinski definition) is 4. The van der Waals surface area contributed by atoms with Gasteiger partial charge in [-0.2, -0.15) is 0 Å². The highest BCUT2D eigenvalue weighted by atomic mass is 79.9. The van der Waals surface area contributed by atoms with Crippen molar-refractivity contribution in [3.63, 3.8) is 0 Å². The quantitative estimate of drug-likeness (QED) is 0.741. The van der Waals surface area contributed by atoms with Crippen LogP contribution in [0.1, 0.15) is 32.3 Å². The lowest BCUT2D eigenvalue weighted by Crippen LogP contribution is -2.42. The summed E-state index contributed by atoms with van der Waals surface area (Å²) in [7, 11) is -2.19. The second-order valence-corrected chi connectivity index (χ2v) is 7.99. The summed E-state index contributed by atoms with van der Waals surface area (Å²) in [6, 6.07) is 7.45. The molecule has 0 unspecified atom stereocenters. The average molecular weight is 378 g/mol. The van der Waals surface area contributed by atoms with Gasteiger partial charge in [0.05, 0.1) is 18.4 Å². The van der Waals surface area contributed by atoms with Crippen LogP contribution in [0, 0.1) is 0 Å². The molecule has 0 heterocycles. The van der Waals surface area contributed by atoms with Crippen molar-refractivity contribution in [2.75, 3.05) is 12.9 Å². The minimum absolute atomic E-state index is 0.0934. The largest absolute Gasteiger partial charge is 0.469 e. The van der Waals surface area contributed by atoms with Gasteiger partial charge in [0.25, 0.3) is 0 Å². The first-order valence-corrected chi connectivity index (χ1v) is 8.95. The molecule has 21 heavy (non-hydrogen) atoms. The molecule has 0 saturated heterocycles. The minimum atomic E-state index is -3.47. The number of nitrogens with one attached hydrogen (secondary N) is 1. The van der Waals surface area contributed by atoms with Crippen LogP contribution in [0.4, 0.5) is 0 Å². The Labute approximate surface area is 134 Å². The Balaban J connectivity index is 2.68. The molecule has 0 amide bonds. The number of carbonyl (C=O) groups excluding carboxylic acids is 1. The van der Waals surface area contributed by atoms with Crippen LogP contribution in [-0.2, 0) is 25.1 Å². The number of rotatable bonds is 7. The zero-order valence-electron chi connectivity index (χ0n) is 12.3. The van der Waals surface area contributed by atoms with Crippen molar-refractivity contribution in [3.8, 4) is 0 Å². The fourth-order valence-electron chi connectivity index (χ4n) is 1.87. The van der Waals surface area contributed by atoms with E-state index in [0.717, 1.165) is 10.0 Å². The summed E-state index contributed by atoms with van der Waals surface area (Å²) >= 11 is 3.35. The second-order valence-electron chi connectivity index (χ2n) is 5.23. The molecule has 0 aliphatic carbocycles. The molecule has 0 aliphatic rings. The van der Waals surface area contributed by atoms with Crippen LogP contribution in [0.15, 0.2) is 28.7 Å². The van der Waals surface area contributed by atoms with Crippen LogP contribution in [0.25, 0.3) is 0 Å². The van der Waals surface area contributed by atoms with Crippen LogP contribution in [-0.4, -0.2) is 27.2 Å². The normalized spacial score (nSPS) is 12.2. The van der Waals surface area contributed by atoms with Gasteiger partial charge in [0.1, 0.15) is 0 Å². The van der Waals surface area contributed by atoms with Crippen LogP contribution in [0.2, 0.25) is 0 Å². The fraction of sp³-hybridized carbons (Fsp3) is 0.500. The van der Waals surface area contributed by atoms with Gasteiger partial charge in [-0.15, -0.1) is 0 Å². The molecule has 0 spiro atoms. The third-order valence-electron chi connectivity index (χ3n) is 3.00. The van der Waals surface area contributed by atoms with E-state index in [2.05, 4.69) is 25.4 Å². The molecule has 118 valence electrons. The molecular weight excluding hydrogens is 358 g/mol. The molecule has 0 radical (unpaired) electrons. The van der Waals surface area contributed by atoms with Crippen molar-refractivity contribution in [1.82, 2.24) is 4.72 Å². The maximum Gasteiger partial charge on any atom is 0.305 e. The van der Waals surface area contributed by atoms with Crippen molar-refractivity contribution in [3.05, 3.63) is 34.3 Å². The van der Waals surface area contributed by atoms with Gasteiger partial charge in [-0.05, 0) is 38.0 Å². The number of hydrogen-bond donors (Lipinski definition) is 1. The maximum absolute atomic E-state index is 12.1. The zero-order chi connectivity index (χ0) is 16.1. The van der Waals surface area contributed by atoms with Gasteiger partial charge in [-0.1, -0.05) is 28.1 Å². The zero-order valence-corrected chi connectivity index (χ0v) is 14.8. The first kappa shape index (κ1) is 18.1. The van der Waals surface area contributed by atoms with Crippen LogP contribution in [0.3, 0.4) is 0 Å². The molecule has 1 aromatic carbocycles. The van der Waals surface area contributed by atoms with E-state index in [0.29, 0.717) is 0 Å². The second kappa shape index (κ2) is 7.38. The summed E-state index contributed by atoms with van der Waals surface area (Å²) in [6.45, 7) is 3.60. The third-order valence-corrected chi connectivity index (χ3v) is 5.17. The van der Waals surface area contributed by atoms with Crippen LogP contribution >= 0.6 is 15.9 Å². The standard InChI is InChI=1S/C14H20BrNO4S/c1-14(2,11-6-8-12(15)9-7-11)16-21(18,19)10-4-5-13(17)20-3/h6-9,16H,4-5,10H2,1-3H3. The summed E-state index contributed by atoms with van der Waals surface area (Å²) in [5, 5.41) is 0. The maximum atomic E-state index is 12.1. The van der Waals surface area contributed by atoms with Gasteiger partial charge < -0.3 is 4.74 Å². The lowest BCUT2D eigenvalue weighted by atomic mass is 9.96. The van der Waals surface area contributed by atoms with E-state index in [9.17, 15) is 13.2 Å². The lowest BCUT2D eigenvalue weighted by Gasteiger charge is -2.26. The van der Waals surface area contributed by atoms with Crippen LogP contribution < -0.4 is 4.72 Å². The minimum Gasteiger partial charge on any atom is -0.469 e. The Morgan fingerprint density at radius 3 is 2.38 bits per heavy atom. The average Bonchev–Trinajstić information content (AvgIpc) is 2.37. The van der Waals surface area contributed by atoms with Gasteiger partial charge in [0.2, 0.25) is 10.0 Å². The molecule has 7 heteroatoms. The summed E-state index contributed by atoms with van der Waals surface area (Å²) in [4.78, 5) is 11.0. The van der Waals surface area contributed by atoms with Crippen molar-refractivity contribution in [2.24, 2.45) is 0 Å². The molecule has 5 nitrogen and oxygen atoms in total. The van der Waals surface area contributed by atoms with E-state index in [4.69, 9.17) is 0 Å². The third kappa shape index (κ3) is 6.15. The Bertz CT molecular complexity index is 581. The van der Waals surface area contributed by atoms with Gasteiger partial charge in [-0.25, -0.2) is 13.1 Å². The van der Waals surface area contributed by atoms with Gasteiger partial charge in [-0.3, -0.25) is 4.79 Å². The molecule has 0 aromatic heterocycles. The van der Waals surface area contributed by atoms with Crippen molar-refractivity contribution in [1.29, 1.82) is 0 Å². The predicted octanol–water partition coefficient (Wildman–Crippen LogP) is 2.56. The van der Waals surface area contributed by atoms with Crippen molar-refractivity contribution in [2.45, 2.75) is 32.2 Å². The highest BCUT2D eigenvalue weighted by Gasteiger charge is 2.26. The van der Waals surface area contributed by atoms with E-state index in [-0.39, 0.29) is 18.6 Å². The van der Waals surface area contributed by atoms with E-state index in [1.807, 2.05) is 24.3 Å². The van der Waals surface area contributed by atoms with E-state index in [1.165, 1.54) is 7.11 Å². The Morgan fingerprint density at radius 1 is 1.29 bits per heavy atom. The number of ether oxygens (including phenoxy) is 1. The highest BCUT2D eigenvalue weighted by molar-refractivity contribution is 9.10. The molecule has 0 atom stereocenters. The Kier molecular flexibility index (Phi) is 6.37. The molecule has 0 saturated carbocycles. The smallest absolute Gasteiger partial charge is 0.305 e. The van der Waals surface area contributed by atoms with Crippen molar-refractivity contribution >= 4 is 31.9 Å². The molecule has 0 bridgehead atoms. The van der Waals surface area contributed by atoms with E-state index in [1.54, 1.807) is 13.8 Å². The molecule has 1 aromatic rings. The first-order chi connectivity index (χ1) is 9.66. The fourth-order valence-corrected chi connectivity index (χ4v) is 3.66. The lowest BCUT2D eigenvalue weighted by molar-refractivity contribution is -0.140. The van der Waals surface area contributed by atoms with E-state index >= 15 is 0 Å². The molecular formula is C14H20BrNO4S. The molecule has 0 aliphatic heterocycles. The number of halogens is 1. The number of methoxy groups -OCH3 is 1. The monoisotopic (exact) mass is 377 g/mol. The summed E-state index contributed by atoms with van der Waals surface area (Å²) < 4.78 is 32.3. The highest BCUT2D eigenvalue weighted by Crippen LogP contribution is 2.23. The first-order valence-electron chi connectivity index (χ1n) is 6.51. The number of sulfonamides is 1. The van der Waals surface area contributed by atoms with Gasteiger partial charge in [0, 0.05) is 10.9 Å². The van der Waals surface area contributed by atoms with Gasteiger partial charge >= 0.3 is 5.97 Å². The topological polar surface area (TPSA) is 72.5 Å². The number of carbonyl (C=O) groups is 1. The molecule has 1 N–H and O–H groups in total. The van der Waals surface area contributed by atoms with E-state index < -0.39 is 21.5 Å². The summed E-state index contributed by atoms with van der Waals surface area (Å²) in [6.07, 6.45) is 0.328. The summed E-state index contributed by atoms with van der Waals surface area (Å²) in [5.41, 5.74) is 0.146. The predicted molar refractivity (Wildman–Crippen MR) is 85.3 cm³/mol. The van der Waals surface area contributed by atoms with Gasteiger partial charge in [0.15, 0.2) is 0 Å². The van der Waals surface area contributed by atoms with Crippen molar-refractivity contribution < 1.29 is 17.9 Å². The Morgan fingerprint density at radius 2 is 1.86 bits per heavy atom. The summed E-state index contributed by atoms with van der Waals surface area (Å²) in [5.74, 6) is -0.514. The van der Waals surface area contributed by atoms with Crippen LogP contribution in [0.5, 0.6) is 0 Å². The Hall–Kier alpha value is -0.920.